The second-order valence-corrected chi connectivity index (χ2v) is 9.04. The van der Waals surface area contributed by atoms with Crippen LogP contribution in [0.3, 0.4) is 0 Å². The number of carbonyl (C=O) groups is 1. The standard InChI is InChI=1S/C28H24FNO6/c1-15-30-22-12-17(4-8-24(22)34-15)35-23-10-7-21(29)28-20(23)6-9-25(28)36-18-3-5-19-16(11-27(31)32-2)14-33-26(19)13-18/h3-5,7-8,10,12-13,16,25H,6,9,11,14H2,1-2H3/t16?,25-/m1/s1. The van der Waals surface area contributed by atoms with Gasteiger partial charge in [-0.3, -0.25) is 4.79 Å². The summed E-state index contributed by atoms with van der Waals surface area (Å²) in [7, 11) is 1.38. The van der Waals surface area contributed by atoms with Crippen molar-refractivity contribution in [2.75, 3.05) is 13.7 Å². The number of ether oxygens (including phenoxy) is 4. The van der Waals surface area contributed by atoms with E-state index in [1.165, 1.54) is 13.2 Å². The van der Waals surface area contributed by atoms with E-state index in [-0.39, 0.29) is 24.1 Å². The molecule has 0 spiro atoms. The number of rotatable bonds is 6. The molecule has 3 aromatic carbocycles. The zero-order valence-electron chi connectivity index (χ0n) is 19.9. The summed E-state index contributed by atoms with van der Waals surface area (Å²) in [5.41, 5.74) is 3.65. The maximum atomic E-state index is 15.0. The van der Waals surface area contributed by atoms with Gasteiger partial charge in [0.15, 0.2) is 11.5 Å². The maximum Gasteiger partial charge on any atom is 0.306 e. The molecule has 0 N–H and O–H groups in total. The Hall–Kier alpha value is -4.07. The molecule has 2 aliphatic rings. The number of halogens is 1. The van der Waals surface area contributed by atoms with Crippen LogP contribution in [0.25, 0.3) is 11.1 Å². The minimum Gasteiger partial charge on any atom is -0.492 e. The summed E-state index contributed by atoms with van der Waals surface area (Å²) in [6.45, 7) is 2.20. The molecule has 2 heterocycles. The van der Waals surface area contributed by atoms with Gasteiger partial charge in [0, 0.05) is 41.7 Å². The molecular weight excluding hydrogens is 465 g/mol. The number of aryl methyl sites for hydroxylation is 1. The summed E-state index contributed by atoms with van der Waals surface area (Å²) in [5, 5.41) is 0. The first kappa shape index (κ1) is 22.4. The number of nitrogens with zero attached hydrogens (tertiary/aromatic N) is 1. The van der Waals surface area contributed by atoms with Crippen LogP contribution in [-0.4, -0.2) is 24.7 Å². The molecular formula is C28H24FNO6. The Kier molecular flexibility index (Phi) is 5.51. The van der Waals surface area contributed by atoms with Gasteiger partial charge in [-0.05, 0) is 43.2 Å². The number of methoxy groups -OCH3 is 1. The average molecular weight is 489 g/mol. The summed E-state index contributed by atoms with van der Waals surface area (Å²) >= 11 is 0. The zero-order valence-corrected chi connectivity index (χ0v) is 19.9. The van der Waals surface area contributed by atoms with E-state index in [0.29, 0.717) is 65.0 Å². The summed E-state index contributed by atoms with van der Waals surface area (Å²) in [6.07, 6.45) is 1.06. The summed E-state index contributed by atoms with van der Waals surface area (Å²) in [4.78, 5) is 16.0. The largest absolute Gasteiger partial charge is 0.492 e. The lowest BCUT2D eigenvalue weighted by atomic mass is 9.98. The topological polar surface area (TPSA) is 80.0 Å². The van der Waals surface area contributed by atoms with Gasteiger partial charge >= 0.3 is 5.97 Å². The van der Waals surface area contributed by atoms with Crippen molar-refractivity contribution in [2.24, 2.45) is 0 Å². The van der Waals surface area contributed by atoms with E-state index in [1.807, 2.05) is 30.3 Å². The van der Waals surface area contributed by atoms with E-state index in [0.717, 1.165) is 11.1 Å². The van der Waals surface area contributed by atoms with E-state index < -0.39 is 6.10 Å². The number of oxazole rings is 1. The molecule has 0 amide bonds. The van der Waals surface area contributed by atoms with Crippen molar-refractivity contribution in [1.82, 2.24) is 4.98 Å². The molecule has 0 fully saturated rings. The van der Waals surface area contributed by atoms with Gasteiger partial charge in [0.2, 0.25) is 0 Å². The molecule has 2 atom stereocenters. The van der Waals surface area contributed by atoms with Gasteiger partial charge < -0.3 is 23.4 Å². The van der Waals surface area contributed by atoms with E-state index in [9.17, 15) is 9.18 Å². The van der Waals surface area contributed by atoms with Crippen molar-refractivity contribution in [1.29, 1.82) is 0 Å². The van der Waals surface area contributed by atoms with Crippen molar-refractivity contribution >= 4 is 17.1 Å². The highest BCUT2D eigenvalue weighted by molar-refractivity contribution is 5.74. The van der Waals surface area contributed by atoms with Crippen molar-refractivity contribution in [3.63, 3.8) is 0 Å². The predicted octanol–water partition coefficient (Wildman–Crippen LogP) is 6.17. The second-order valence-electron chi connectivity index (χ2n) is 9.04. The highest BCUT2D eigenvalue weighted by Crippen LogP contribution is 2.44. The molecule has 1 aromatic heterocycles. The van der Waals surface area contributed by atoms with Crippen LogP contribution in [0.2, 0.25) is 0 Å². The Labute approximate surface area is 206 Å². The van der Waals surface area contributed by atoms with Gasteiger partial charge in [-0.2, -0.15) is 0 Å². The van der Waals surface area contributed by atoms with E-state index in [4.69, 9.17) is 23.4 Å². The van der Waals surface area contributed by atoms with E-state index >= 15 is 0 Å². The van der Waals surface area contributed by atoms with Crippen molar-refractivity contribution in [2.45, 2.75) is 38.2 Å². The smallest absolute Gasteiger partial charge is 0.306 e. The SMILES string of the molecule is COC(=O)CC1COc2cc(O[C@@H]3CCc4c(Oc5ccc6oc(C)nc6c5)ccc(F)c43)ccc21. The molecule has 0 saturated carbocycles. The van der Waals surface area contributed by atoms with Crippen LogP contribution in [0.4, 0.5) is 4.39 Å². The van der Waals surface area contributed by atoms with Gasteiger partial charge in [-0.15, -0.1) is 0 Å². The molecule has 0 bridgehead atoms. The van der Waals surface area contributed by atoms with E-state index in [1.54, 1.807) is 19.1 Å². The van der Waals surface area contributed by atoms with Crippen LogP contribution in [-0.2, 0) is 16.0 Å². The van der Waals surface area contributed by atoms with Gasteiger partial charge in [-0.1, -0.05) is 6.07 Å². The van der Waals surface area contributed by atoms with Crippen molar-refractivity contribution in [3.05, 3.63) is 76.9 Å². The monoisotopic (exact) mass is 489 g/mol. The van der Waals surface area contributed by atoms with E-state index in [2.05, 4.69) is 4.98 Å². The number of carbonyl (C=O) groups excluding carboxylic acids is 1. The molecule has 184 valence electrons. The third-order valence-electron chi connectivity index (χ3n) is 6.72. The Morgan fingerprint density at radius 2 is 2.00 bits per heavy atom. The molecule has 0 radical (unpaired) electrons. The molecule has 8 heteroatoms. The third kappa shape index (κ3) is 4.02. The highest BCUT2D eigenvalue weighted by Gasteiger charge is 2.32. The molecule has 4 aromatic rings. The number of hydrogen-bond donors (Lipinski definition) is 0. The lowest BCUT2D eigenvalue weighted by molar-refractivity contribution is -0.141. The zero-order chi connectivity index (χ0) is 24.8. The molecule has 0 saturated heterocycles. The van der Waals surface area contributed by atoms with Gasteiger partial charge in [0.1, 0.15) is 40.4 Å². The molecule has 1 unspecified atom stereocenters. The minimum atomic E-state index is -0.450. The minimum absolute atomic E-state index is 0.0498. The Morgan fingerprint density at radius 3 is 2.86 bits per heavy atom. The quantitative estimate of drug-likeness (QED) is 0.300. The van der Waals surface area contributed by atoms with Crippen LogP contribution in [0.15, 0.2) is 52.9 Å². The van der Waals surface area contributed by atoms with Crippen molar-refractivity contribution in [3.8, 4) is 23.0 Å². The Balaban J connectivity index is 1.22. The molecule has 7 nitrogen and oxygen atoms in total. The number of hydrogen-bond acceptors (Lipinski definition) is 7. The van der Waals surface area contributed by atoms with Gasteiger partial charge in [0.25, 0.3) is 0 Å². The van der Waals surface area contributed by atoms with Crippen LogP contribution < -0.4 is 14.2 Å². The third-order valence-corrected chi connectivity index (χ3v) is 6.72. The second kappa shape index (κ2) is 8.86. The summed E-state index contributed by atoms with van der Waals surface area (Å²) < 4.78 is 43.4. The van der Waals surface area contributed by atoms with Crippen molar-refractivity contribution < 1.29 is 32.5 Å². The molecule has 36 heavy (non-hydrogen) atoms. The maximum absolute atomic E-state index is 15.0. The fourth-order valence-electron chi connectivity index (χ4n) is 5.02. The average Bonchev–Trinajstić information content (AvgIpc) is 3.57. The Morgan fingerprint density at radius 1 is 1.14 bits per heavy atom. The fraction of sp³-hybridized carbons (Fsp3) is 0.286. The lowest BCUT2D eigenvalue weighted by Crippen LogP contribution is -2.09. The van der Waals surface area contributed by atoms with Crippen LogP contribution in [0.1, 0.15) is 47.4 Å². The highest BCUT2D eigenvalue weighted by atomic mass is 19.1. The van der Waals surface area contributed by atoms with Crippen LogP contribution in [0.5, 0.6) is 23.0 Å². The number of fused-ring (bicyclic) bond motifs is 3. The number of benzene rings is 3. The number of esters is 1. The van der Waals surface area contributed by atoms with Gasteiger partial charge in [0.05, 0.1) is 20.1 Å². The molecule has 1 aliphatic heterocycles. The number of aromatic nitrogens is 1. The first-order valence-corrected chi connectivity index (χ1v) is 11.8. The molecule has 6 rings (SSSR count). The Bertz CT molecular complexity index is 1480. The first-order chi connectivity index (χ1) is 17.5. The summed E-state index contributed by atoms with van der Waals surface area (Å²) in [5.74, 6) is 2.40. The fourth-order valence-corrected chi connectivity index (χ4v) is 5.02. The lowest BCUT2D eigenvalue weighted by Gasteiger charge is -2.17. The normalized spacial score (nSPS) is 18.0. The first-order valence-electron chi connectivity index (χ1n) is 11.8. The summed E-state index contributed by atoms with van der Waals surface area (Å²) in [6, 6.07) is 14.0. The van der Waals surface area contributed by atoms with Gasteiger partial charge in [-0.25, -0.2) is 9.37 Å². The van der Waals surface area contributed by atoms with Crippen LogP contribution in [0, 0.1) is 12.7 Å². The van der Waals surface area contributed by atoms with Crippen LogP contribution >= 0.6 is 0 Å². The predicted molar refractivity (Wildman–Crippen MR) is 128 cm³/mol. The molecule has 1 aliphatic carbocycles.